The van der Waals surface area contributed by atoms with E-state index in [4.69, 9.17) is 11.6 Å². The summed E-state index contributed by atoms with van der Waals surface area (Å²) in [5.74, 6) is 0. The second kappa shape index (κ2) is 9.59. The zero-order chi connectivity index (χ0) is 12.5. The number of hydrogen-bond acceptors (Lipinski definition) is 1. The number of halogens is 3. The highest BCUT2D eigenvalue weighted by Gasteiger charge is 2.00. The third kappa shape index (κ3) is 6.99. The zero-order valence-electron chi connectivity index (χ0n) is 9.82. The van der Waals surface area contributed by atoms with E-state index in [1.807, 2.05) is 12.1 Å². The van der Waals surface area contributed by atoms with Gasteiger partial charge in [0.15, 0.2) is 0 Å². The summed E-state index contributed by atoms with van der Waals surface area (Å²) in [5.41, 5.74) is 1.17. The second-order valence-electron chi connectivity index (χ2n) is 4.02. The SMILES string of the molecule is Clc1cc(Br)ccc1CNCCCCCCI. The highest BCUT2D eigenvalue weighted by Crippen LogP contribution is 2.21. The highest BCUT2D eigenvalue weighted by atomic mass is 127. The van der Waals surface area contributed by atoms with Crippen LogP contribution in [-0.2, 0) is 6.54 Å². The van der Waals surface area contributed by atoms with Crippen LogP contribution in [0.25, 0.3) is 0 Å². The molecule has 4 heteroatoms. The van der Waals surface area contributed by atoms with Gasteiger partial charge in [-0.15, -0.1) is 0 Å². The number of hydrogen-bond donors (Lipinski definition) is 1. The molecule has 0 aliphatic heterocycles. The Morgan fingerprint density at radius 1 is 1.18 bits per heavy atom. The Hall–Kier alpha value is 0.680. The van der Waals surface area contributed by atoms with Crippen molar-refractivity contribution in [2.24, 2.45) is 0 Å². The molecule has 0 unspecified atom stereocenters. The molecule has 0 aliphatic carbocycles. The van der Waals surface area contributed by atoms with E-state index < -0.39 is 0 Å². The first-order valence-electron chi connectivity index (χ1n) is 5.94. The van der Waals surface area contributed by atoms with Crippen molar-refractivity contribution >= 4 is 50.1 Å². The molecule has 1 nitrogen and oxygen atoms in total. The molecular formula is C13H18BrClIN. The lowest BCUT2D eigenvalue weighted by molar-refractivity contribution is 0.600. The largest absolute Gasteiger partial charge is 0.313 e. The van der Waals surface area contributed by atoms with Crippen LogP contribution in [0.2, 0.25) is 5.02 Å². The van der Waals surface area contributed by atoms with Crippen LogP contribution in [0.15, 0.2) is 22.7 Å². The van der Waals surface area contributed by atoms with Gasteiger partial charge in [0.1, 0.15) is 0 Å². The maximum absolute atomic E-state index is 6.14. The lowest BCUT2D eigenvalue weighted by atomic mass is 10.2. The van der Waals surface area contributed by atoms with Crippen molar-refractivity contribution in [2.45, 2.75) is 32.2 Å². The fourth-order valence-electron chi connectivity index (χ4n) is 1.59. The molecule has 0 bridgehead atoms. The van der Waals surface area contributed by atoms with Crippen LogP contribution in [0, 0.1) is 0 Å². The average Bonchev–Trinajstić information content (AvgIpc) is 2.30. The molecule has 1 rings (SSSR count). The molecule has 1 N–H and O–H groups in total. The highest BCUT2D eigenvalue weighted by molar-refractivity contribution is 14.1. The molecule has 0 aliphatic rings. The van der Waals surface area contributed by atoms with Crippen molar-refractivity contribution in [2.75, 3.05) is 11.0 Å². The van der Waals surface area contributed by atoms with E-state index >= 15 is 0 Å². The van der Waals surface area contributed by atoms with Gasteiger partial charge in [-0.05, 0) is 41.5 Å². The number of nitrogens with one attached hydrogen (secondary N) is 1. The standard InChI is InChI=1S/C13H18BrClIN/c14-12-6-5-11(13(15)9-12)10-17-8-4-2-1-3-7-16/h5-6,9,17H,1-4,7-8,10H2. The molecule has 17 heavy (non-hydrogen) atoms. The molecule has 0 radical (unpaired) electrons. The van der Waals surface area contributed by atoms with Crippen molar-refractivity contribution in [1.29, 1.82) is 0 Å². The molecule has 0 spiro atoms. The summed E-state index contributed by atoms with van der Waals surface area (Å²) in [4.78, 5) is 0. The van der Waals surface area contributed by atoms with Gasteiger partial charge in [-0.1, -0.05) is 69.0 Å². The van der Waals surface area contributed by atoms with Crippen LogP contribution in [0.3, 0.4) is 0 Å². The summed E-state index contributed by atoms with van der Waals surface area (Å²) < 4.78 is 2.31. The van der Waals surface area contributed by atoms with Gasteiger partial charge in [-0.25, -0.2) is 0 Å². The molecule has 0 atom stereocenters. The van der Waals surface area contributed by atoms with E-state index in [0.29, 0.717) is 0 Å². The molecule has 0 heterocycles. The smallest absolute Gasteiger partial charge is 0.0462 e. The van der Waals surface area contributed by atoms with E-state index in [2.05, 4.69) is 49.9 Å². The number of alkyl halides is 1. The van der Waals surface area contributed by atoms with E-state index in [0.717, 1.165) is 22.6 Å². The van der Waals surface area contributed by atoms with Gasteiger partial charge in [0.2, 0.25) is 0 Å². The molecule has 0 saturated heterocycles. The topological polar surface area (TPSA) is 12.0 Å². The Balaban J connectivity index is 2.14. The Bertz CT molecular complexity index is 333. The molecular weight excluding hydrogens is 412 g/mol. The summed E-state index contributed by atoms with van der Waals surface area (Å²) in [6, 6.07) is 6.04. The van der Waals surface area contributed by atoms with Crippen LogP contribution >= 0.6 is 50.1 Å². The molecule has 0 aromatic heterocycles. The first-order chi connectivity index (χ1) is 8.24. The molecule has 0 fully saturated rings. The summed E-state index contributed by atoms with van der Waals surface area (Å²) in [5, 5.41) is 4.27. The summed E-state index contributed by atoms with van der Waals surface area (Å²) >= 11 is 12.0. The van der Waals surface area contributed by atoms with Gasteiger partial charge in [-0.3, -0.25) is 0 Å². The first kappa shape index (κ1) is 15.7. The van der Waals surface area contributed by atoms with Gasteiger partial charge in [0, 0.05) is 16.0 Å². The fourth-order valence-corrected chi connectivity index (χ4v) is 2.87. The van der Waals surface area contributed by atoms with E-state index in [1.165, 1.54) is 35.7 Å². The number of rotatable bonds is 8. The molecule has 1 aromatic carbocycles. The van der Waals surface area contributed by atoms with Gasteiger partial charge >= 0.3 is 0 Å². The Labute approximate surface area is 131 Å². The maximum atomic E-state index is 6.14. The quantitative estimate of drug-likeness (QED) is 0.340. The minimum absolute atomic E-state index is 0.830. The molecule has 0 saturated carbocycles. The molecule has 1 aromatic rings. The molecule has 0 amide bonds. The third-order valence-electron chi connectivity index (χ3n) is 2.57. The van der Waals surface area contributed by atoms with Gasteiger partial charge in [-0.2, -0.15) is 0 Å². The van der Waals surface area contributed by atoms with Crippen LogP contribution in [0.1, 0.15) is 31.2 Å². The van der Waals surface area contributed by atoms with Crippen LogP contribution in [-0.4, -0.2) is 11.0 Å². The third-order valence-corrected chi connectivity index (χ3v) is 4.18. The van der Waals surface area contributed by atoms with Gasteiger partial charge in [0.25, 0.3) is 0 Å². The van der Waals surface area contributed by atoms with E-state index in [1.54, 1.807) is 0 Å². The number of benzene rings is 1. The first-order valence-corrected chi connectivity index (χ1v) is 8.64. The number of unbranched alkanes of at least 4 members (excludes halogenated alkanes) is 3. The average molecular weight is 431 g/mol. The van der Waals surface area contributed by atoms with E-state index in [9.17, 15) is 0 Å². The minimum atomic E-state index is 0.830. The van der Waals surface area contributed by atoms with Crippen molar-refractivity contribution in [3.63, 3.8) is 0 Å². The Kier molecular flexibility index (Phi) is 8.88. The minimum Gasteiger partial charge on any atom is -0.313 e. The van der Waals surface area contributed by atoms with Crippen LogP contribution < -0.4 is 5.32 Å². The fraction of sp³-hybridized carbons (Fsp3) is 0.538. The predicted molar refractivity (Wildman–Crippen MR) is 88.2 cm³/mol. The summed E-state index contributed by atoms with van der Waals surface area (Å²) in [6.45, 7) is 1.94. The van der Waals surface area contributed by atoms with Crippen molar-refractivity contribution < 1.29 is 0 Å². The van der Waals surface area contributed by atoms with Gasteiger partial charge < -0.3 is 5.32 Å². The molecule has 96 valence electrons. The van der Waals surface area contributed by atoms with Crippen molar-refractivity contribution in [3.05, 3.63) is 33.3 Å². The maximum Gasteiger partial charge on any atom is 0.0462 e. The summed E-state index contributed by atoms with van der Waals surface area (Å²) in [6.07, 6.45) is 5.28. The Morgan fingerprint density at radius 2 is 1.94 bits per heavy atom. The lowest BCUT2D eigenvalue weighted by Gasteiger charge is -2.07. The zero-order valence-corrected chi connectivity index (χ0v) is 14.3. The van der Waals surface area contributed by atoms with E-state index in [-0.39, 0.29) is 0 Å². The van der Waals surface area contributed by atoms with Crippen molar-refractivity contribution in [3.8, 4) is 0 Å². The monoisotopic (exact) mass is 429 g/mol. The normalized spacial score (nSPS) is 10.8. The summed E-state index contributed by atoms with van der Waals surface area (Å²) in [7, 11) is 0. The lowest BCUT2D eigenvalue weighted by Crippen LogP contribution is -2.14. The van der Waals surface area contributed by atoms with Crippen LogP contribution in [0.4, 0.5) is 0 Å². The van der Waals surface area contributed by atoms with Crippen LogP contribution in [0.5, 0.6) is 0 Å². The van der Waals surface area contributed by atoms with Gasteiger partial charge in [0.05, 0.1) is 0 Å². The Morgan fingerprint density at radius 3 is 2.65 bits per heavy atom. The predicted octanol–water partition coefficient (Wildman–Crippen LogP) is 5.19. The second-order valence-corrected chi connectivity index (χ2v) is 6.42. The van der Waals surface area contributed by atoms with Crippen molar-refractivity contribution in [1.82, 2.24) is 5.32 Å².